The van der Waals surface area contributed by atoms with E-state index < -0.39 is 0 Å². The van der Waals surface area contributed by atoms with E-state index in [2.05, 4.69) is 37.8 Å². The van der Waals surface area contributed by atoms with Crippen molar-refractivity contribution >= 4 is 16.9 Å². The smallest absolute Gasteiger partial charge is 0.253 e. The molecule has 1 amide bonds. The van der Waals surface area contributed by atoms with Crippen molar-refractivity contribution in [1.29, 1.82) is 0 Å². The van der Waals surface area contributed by atoms with E-state index in [9.17, 15) is 4.79 Å². The lowest BCUT2D eigenvalue weighted by molar-refractivity contribution is 0.0683. The molecule has 0 aliphatic carbocycles. The number of amides is 1. The highest BCUT2D eigenvalue weighted by Crippen LogP contribution is 2.25. The minimum atomic E-state index is 0.0815. The molecule has 6 heteroatoms. The molecule has 32 heavy (non-hydrogen) atoms. The van der Waals surface area contributed by atoms with E-state index in [1.54, 1.807) is 0 Å². The second-order valence-corrected chi connectivity index (χ2v) is 8.60. The lowest BCUT2D eigenvalue weighted by Gasteiger charge is -2.32. The van der Waals surface area contributed by atoms with Gasteiger partial charge in [0.25, 0.3) is 5.91 Å². The summed E-state index contributed by atoms with van der Waals surface area (Å²) in [7, 11) is 0. The Balaban J connectivity index is 1.24. The van der Waals surface area contributed by atoms with E-state index in [0.29, 0.717) is 11.5 Å². The van der Waals surface area contributed by atoms with E-state index in [1.807, 2.05) is 61.3 Å². The van der Waals surface area contributed by atoms with Gasteiger partial charge < -0.3 is 9.47 Å². The van der Waals surface area contributed by atoms with Gasteiger partial charge in [-0.15, -0.1) is 0 Å². The fraction of sp³-hybridized carbons (Fsp3) is 0.308. The van der Waals surface area contributed by atoms with Gasteiger partial charge in [0.15, 0.2) is 0 Å². The number of fused-ring (bicyclic) bond motifs is 1. The first-order chi connectivity index (χ1) is 15.6. The number of hydrogen-bond donors (Lipinski definition) is 0. The van der Waals surface area contributed by atoms with Crippen LogP contribution in [0.4, 0.5) is 0 Å². The molecule has 6 nitrogen and oxygen atoms in total. The second-order valence-electron chi connectivity index (χ2n) is 8.60. The molecule has 2 aromatic heterocycles. The van der Waals surface area contributed by atoms with Gasteiger partial charge in [0.2, 0.25) is 0 Å². The highest BCUT2D eigenvalue weighted by atomic mass is 16.2. The monoisotopic (exact) mass is 425 g/mol. The predicted molar refractivity (Wildman–Crippen MR) is 125 cm³/mol. The number of carbonyl (C=O) groups excluding carboxylic acids is 1. The number of aryl methyl sites for hydroxylation is 2. The van der Waals surface area contributed by atoms with E-state index in [1.165, 1.54) is 0 Å². The maximum Gasteiger partial charge on any atom is 0.253 e. The molecule has 5 rings (SSSR count). The minimum Gasteiger partial charge on any atom is -0.339 e. The second kappa shape index (κ2) is 8.54. The molecule has 0 spiro atoms. The molecule has 1 fully saturated rings. The highest BCUT2D eigenvalue weighted by Gasteiger charge is 2.25. The van der Waals surface area contributed by atoms with Gasteiger partial charge in [-0.05, 0) is 50.8 Å². The summed E-state index contributed by atoms with van der Waals surface area (Å²) in [4.78, 5) is 28.8. The average Bonchev–Trinajstić information content (AvgIpc) is 3.28. The largest absolute Gasteiger partial charge is 0.339 e. The van der Waals surface area contributed by atoms with Crippen molar-refractivity contribution < 1.29 is 4.79 Å². The number of hydrogen-bond acceptors (Lipinski definition) is 4. The summed E-state index contributed by atoms with van der Waals surface area (Å²) in [6.45, 7) is 6.38. The van der Waals surface area contributed by atoms with Crippen molar-refractivity contribution in [2.75, 3.05) is 13.1 Å². The third-order valence-corrected chi connectivity index (χ3v) is 6.43. The highest BCUT2D eigenvalue weighted by molar-refractivity contribution is 5.97. The van der Waals surface area contributed by atoms with Gasteiger partial charge in [0, 0.05) is 43.2 Å². The Morgan fingerprint density at radius 1 is 0.969 bits per heavy atom. The summed E-state index contributed by atoms with van der Waals surface area (Å²) in [6.07, 6.45) is 5.90. The first-order valence-corrected chi connectivity index (χ1v) is 11.2. The van der Waals surface area contributed by atoms with Crippen molar-refractivity contribution in [3.63, 3.8) is 0 Å². The van der Waals surface area contributed by atoms with Crippen molar-refractivity contribution in [3.8, 4) is 11.4 Å². The molecular weight excluding hydrogens is 398 g/mol. The standard InChI is InChI=1S/C26H27N5O/c1-18-19(2)29-24-16-22(8-9-23(24)28-18)26(32)30-13-10-20(11-14-30)17-31-15-12-27-25(31)21-6-4-3-5-7-21/h3-9,12,15-16,20H,10-11,13-14,17H2,1-2H3. The van der Waals surface area contributed by atoms with Crippen LogP contribution >= 0.6 is 0 Å². The molecule has 0 N–H and O–H groups in total. The van der Waals surface area contributed by atoms with E-state index in [-0.39, 0.29) is 5.91 Å². The summed E-state index contributed by atoms with van der Waals surface area (Å²) in [6, 6.07) is 15.9. The maximum atomic E-state index is 13.1. The molecular formula is C26H27N5O. The minimum absolute atomic E-state index is 0.0815. The van der Waals surface area contributed by atoms with E-state index in [4.69, 9.17) is 0 Å². The summed E-state index contributed by atoms with van der Waals surface area (Å²) < 4.78 is 2.24. The molecule has 1 aliphatic rings. The van der Waals surface area contributed by atoms with Crippen LogP contribution in [-0.2, 0) is 6.54 Å². The van der Waals surface area contributed by atoms with Crippen LogP contribution in [0.15, 0.2) is 60.9 Å². The van der Waals surface area contributed by atoms with Gasteiger partial charge in [0.05, 0.1) is 22.4 Å². The zero-order chi connectivity index (χ0) is 22.1. The number of carbonyl (C=O) groups is 1. The number of piperidine rings is 1. The summed E-state index contributed by atoms with van der Waals surface area (Å²) in [5.74, 6) is 1.62. The van der Waals surface area contributed by atoms with Crippen LogP contribution in [-0.4, -0.2) is 43.4 Å². The fourth-order valence-electron chi connectivity index (χ4n) is 4.45. The van der Waals surface area contributed by atoms with Crippen LogP contribution in [0.5, 0.6) is 0 Å². The molecule has 0 bridgehead atoms. The maximum absolute atomic E-state index is 13.1. The molecule has 1 aliphatic heterocycles. The Morgan fingerprint density at radius 3 is 2.44 bits per heavy atom. The number of benzene rings is 2. The zero-order valence-corrected chi connectivity index (χ0v) is 18.5. The zero-order valence-electron chi connectivity index (χ0n) is 18.5. The Labute approximate surface area is 188 Å². The SMILES string of the molecule is Cc1nc2ccc(C(=O)N3CCC(Cn4ccnc4-c4ccccc4)CC3)cc2nc1C. The third-order valence-electron chi connectivity index (χ3n) is 6.43. The lowest BCUT2D eigenvalue weighted by atomic mass is 9.96. The number of rotatable bonds is 4. The van der Waals surface area contributed by atoms with Crippen LogP contribution in [0, 0.1) is 19.8 Å². The molecule has 4 aromatic rings. The van der Waals surface area contributed by atoms with Gasteiger partial charge in [-0.1, -0.05) is 30.3 Å². The summed E-state index contributed by atoms with van der Waals surface area (Å²) in [5.41, 5.74) is 5.26. The van der Waals surface area contributed by atoms with Gasteiger partial charge in [-0.25, -0.2) is 15.0 Å². The Hall–Kier alpha value is -3.54. The van der Waals surface area contributed by atoms with Crippen molar-refractivity contribution in [1.82, 2.24) is 24.4 Å². The molecule has 0 atom stereocenters. The van der Waals surface area contributed by atoms with Crippen LogP contribution in [0.2, 0.25) is 0 Å². The van der Waals surface area contributed by atoms with Crippen LogP contribution in [0.3, 0.4) is 0 Å². The molecule has 3 heterocycles. The van der Waals surface area contributed by atoms with E-state index >= 15 is 0 Å². The topological polar surface area (TPSA) is 63.9 Å². The molecule has 0 unspecified atom stereocenters. The molecule has 1 saturated heterocycles. The van der Waals surface area contributed by atoms with Crippen LogP contribution < -0.4 is 0 Å². The third kappa shape index (κ3) is 4.00. The van der Waals surface area contributed by atoms with E-state index in [0.717, 1.165) is 66.3 Å². The number of nitrogens with zero attached hydrogens (tertiary/aromatic N) is 5. The normalized spacial score (nSPS) is 14.8. The van der Waals surface area contributed by atoms with Crippen LogP contribution in [0.1, 0.15) is 34.6 Å². The van der Waals surface area contributed by atoms with Gasteiger partial charge in [-0.2, -0.15) is 0 Å². The lowest BCUT2D eigenvalue weighted by Crippen LogP contribution is -2.39. The van der Waals surface area contributed by atoms with Gasteiger partial charge in [-0.3, -0.25) is 4.79 Å². The Bertz CT molecular complexity index is 1260. The summed E-state index contributed by atoms with van der Waals surface area (Å²) >= 11 is 0. The first-order valence-electron chi connectivity index (χ1n) is 11.2. The average molecular weight is 426 g/mol. The quantitative estimate of drug-likeness (QED) is 0.477. The van der Waals surface area contributed by atoms with Crippen LogP contribution in [0.25, 0.3) is 22.4 Å². The van der Waals surface area contributed by atoms with Gasteiger partial charge >= 0.3 is 0 Å². The van der Waals surface area contributed by atoms with Crippen molar-refractivity contribution in [3.05, 3.63) is 77.9 Å². The first kappa shape index (κ1) is 20.4. The fourth-order valence-corrected chi connectivity index (χ4v) is 4.45. The number of aromatic nitrogens is 4. The van der Waals surface area contributed by atoms with Crippen molar-refractivity contribution in [2.24, 2.45) is 5.92 Å². The molecule has 2 aromatic carbocycles. The van der Waals surface area contributed by atoms with Gasteiger partial charge in [0.1, 0.15) is 5.82 Å². The molecule has 0 saturated carbocycles. The van der Waals surface area contributed by atoms with Crippen molar-refractivity contribution in [2.45, 2.75) is 33.2 Å². The molecule has 162 valence electrons. The Kier molecular flexibility index (Phi) is 5.43. The predicted octanol–water partition coefficient (Wildman–Crippen LogP) is 4.66. The summed E-state index contributed by atoms with van der Waals surface area (Å²) in [5, 5.41) is 0. The number of imidazole rings is 1. The number of likely N-dealkylation sites (tertiary alicyclic amines) is 1. The molecule has 0 radical (unpaired) electrons. The Morgan fingerprint density at radius 2 is 1.69 bits per heavy atom.